The Labute approximate surface area is 140 Å². The molecule has 0 aliphatic heterocycles. The molecule has 2 unspecified atom stereocenters. The maximum atomic E-state index is 13.0. The van der Waals surface area contributed by atoms with E-state index >= 15 is 0 Å². The van der Waals surface area contributed by atoms with Crippen molar-refractivity contribution in [2.75, 3.05) is 0 Å². The van der Waals surface area contributed by atoms with Crippen LogP contribution in [-0.4, -0.2) is 10.9 Å². The summed E-state index contributed by atoms with van der Waals surface area (Å²) in [6.45, 7) is 1.84. The van der Waals surface area contributed by atoms with Crippen molar-refractivity contribution in [3.63, 3.8) is 0 Å². The van der Waals surface area contributed by atoms with Crippen LogP contribution in [0.2, 0.25) is 0 Å². The van der Waals surface area contributed by atoms with Gasteiger partial charge in [-0.3, -0.25) is 4.79 Å². The molecule has 0 fully saturated rings. The van der Waals surface area contributed by atoms with E-state index in [2.05, 4.69) is 12.1 Å². The third-order valence-electron chi connectivity index (χ3n) is 5.52. The molecule has 0 saturated heterocycles. The lowest BCUT2D eigenvalue weighted by molar-refractivity contribution is -0.119. The van der Waals surface area contributed by atoms with Gasteiger partial charge in [0.2, 0.25) is 0 Å². The summed E-state index contributed by atoms with van der Waals surface area (Å²) in [5.74, 6) is -0.558. The first-order chi connectivity index (χ1) is 11.6. The summed E-state index contributed by atoms with van der Waals surface area (Å²) < 4.78 is 0. The Bertz CT molecular complexity index is 1040. The molecule has 3 aromatic carbocycles. The number of rotatable bonds is 1. The van der Waals surface area contributed by atoms with Crippen molar-refractivity contribution in [2.45, 2.75) is 18.4 Å². The minimum absolute atomic E-state index is 0.0187. The van der Waals surface area contributed by atoms with Gasteiger partial charge in [0.15, 0.2) is 5.78 Å². The quantitative estimate of drug-likeness (QED) is 0.732. The number of hydrogen-bond donors (Lipinski definition) is 1. The molecular weight excluding hydrogens is 296 g/mol. The molecule has 0 bridgehead atoms. The van der Waals surface area contributed by atoms with Crippen LogP contribution < -0.4 is 0 Å². The van der Waals surface area contributed by atoms with E-state index in [1.165, 1.54) is 0 Å². The Hall–Kier alpha value is -2.71. The van der Waals surface area contributed by atoms with Crippen molar-refractivity contribution in [1.29, 1.82) is 0 Å². The van der Waals surface area contributed by atoms with Gasteiger partial charge in [-0.25, -0.2) is 0 Å². The molecule has 0 aromatic heterocycles. The molecule has 3 aromatic rings. The maximum absolute atomic E-state index is 13.0. The van der Waals surface area contributed by atoms with E-state index in [1.807, 2.05) is 61.5 Å². The molecule has 2 atom stereocenters. The largest absolute Gasteiger partial charge is 0.379 e. The summed E-state index contributed by atoms with van der Waals surface area (Å²) in [6, 6.07) is 21.7. The predicted molar refractivity (Wildman–Crippen MR) is 94.6 cm³/mol. The lowest BCUT2D eigenvalue weighted by atomic mass is 9.78. The molecule has 0 radical (unpaired) electrons. The Morgan fingerprint density at radius 3 is 2.38 bits per heavy atom. The monoisotopic (exact) mass is 312 g/mol. The molecule has 0 amide bonds. The van der Waals surface area contributed by atoms with Crippen LogP contribution in [0.5, 0.6) is 0 Å². The molecule has 2 heteroatoms. The van der Waals surface area contributed by atoms with Crippen LogP contribution in [-0.2, 0) is 10.4 Å². The number of ketones is 1. The number of fused-ring (bicyclic) bond motifs is 3. The van der Waals surface area contributed by atoms with Gasteiger partial charge >= 0.3 is 0 Å². The Morgan fingerprint density at radius 2 is 1.62 bits per heavy atom. The molecule has 0 saturated carbocycles. The number of aliphatic hydroxyl groups is 1. The van der Waals surface area contributed by atoms with Gasteiger partial charge in [0.05, 0.1) is 5.92 Å². The Balaban J connectivity index is 1.89. The molecule has 0 spiro atoms. The number of Topliss-reactive ketones (excluding diaryl/α,β-unsaturated/α-hetero) is 1. The van der Waals surface area contributed by atoms with Crippen molar-refractivity contribution < 1.29 is 9.90 Å². The number of carbonyl (C=O) groups is 1. The van der Waals surface area contributed by atoms with E-state index in [0.29, 0.717) is 5.57 Å². The average molecular weight is 312 g/mol. The highest BCUT2D eigenvalue weighted by molar-refractivity contribution is 6.20. The molecule has 5 rings (SSSR count). The van der Waals surface area contributed by atoms with E-state index in [-0.39, 0.29) is 5.78 Å². The third kappa shape index (κ3) is 1.43. The van der Waals surface area contributed by atoms with Crippen molar-refractivity contribution >= 4 is 22.1 Å². The predicted octanol–water partition coefficient (Wildman–Crippen LogP) is 4.18. The fourth-order valence-electron chi connectivity index (χ4n) is 4.56. The smallest absolute Gasteiger partial charge is 0.170 e. The summed E-state index contributed by atoms with van der Waals surface area (Å²) in [5.41, 5.74) is 2.90. The zero-order chi connectivity index (χ0) is 16.5. The van der Waals surface area contributed by atoms with Crippen LogP contribution in [0.1, 0.15) is 29.5 Å². The van der Waals surface area contributed by atoms with E-state index < -0.39 is 11.5 Å². The second-order valence-electron chi connectivity index (χ2n) is 6.68. The van der Waals surface area contributed by atoms with Crippen molar-refractivity contribution in [3.05, 3.63) is 89.0 Å². The van der Waals surface area contributed by atoms with Gasteiger partial charge < -0.3 is 5.11 Å². The van der Waals surface area contributed by atoms with Crippen molar-refractivity contribution in [3.8, 4) is 0 Å². The molecule has 2 aliphatic carbocycles. The Morgan fingerprint density at radius 1 is 0.917 bits per heavy atom. The third-order valence-corrected chi connectivity index (χ3v) is 5.52. The first-order valence-corrected chi connectivity index (χ1v) is 8.19. The van der Waals surface area contributed by atoms with E-state index in [9.17, 15) is 9.90 Å². The van der Waals surface area contributed by atoms with E-state index in [1.54, 1.807) is 0 Å². The van der Waals surface area contributed by atoms with Crippen molar-refractivity contribution in [2.24, 2.45) is 0 Å². The molecule has 0 heterocycles. The summed E-state index contributed by atoms with van der Waals surface area (Å²) >= 11 is 0. The topological polar surface area (TPSA) is 37.3 Å². The van der Waals surface area contributed by atoms with E-state index in [0.717, 1.165) is 33.0 Å². The summed E-state index contributed by atoms with van der Waals surface area (Å²) in [4.78, 5) is 13.0. The van der Waals surface area contributed by atoms with Crippen LogP contribution in [0.25, 0.3) is 16.3 Å². The molecule has 2 aliphatic rings. The average Bonchev–Trinajstić information content (AvgIpc) is 2.98. The fraction of sp³-hybridized carbons (Fsp3) is 0.136. The summed E-state index contributed by atoms with van der Waals surface area (Å²) in [5, 5.41) is 14.0. The normalized spacial score (nSPS) is 24.8. The number of carbonyl (C=O) groups excluding carboxylic acids is 1. The van der Waals surface area contributed by atoms with Gasteiger partial charge in [0, 0.05) is 5.57 Å². The first kappa shape index (κ1) is 13.7. The minimum Gasteiger partial charge on any atom is -0.379 e. The Kier molecular flexibility index (Phi) is 2.53. The van der Waals surface area contributed by atoms with Gasteiger partial charge in [-0.05, 0) is 40.0 Å². The standard InChI is InChI=1S/C22H16O2/c1-13-19-16-11-5-9-14-10-6-12-17(18(14)16)22(19,24)20(21(13)23)15-7-3-2-4-8-15/h2-12,20,24H,1H3. The van der Waals surface area contributed by atoms with E-state index in [4.69, 9.17) is 0 Å². The fourth-order valence-corrected chi connectivity index (χ4v) is 4.56. The molecule has 24 heavy (non-hydrogen) atoms. The van der Waals surface area contributed by atoms with Gasteiger partial charge in [-0.2, -0.15) is 0 Å². The lowest BCUT2D eigenvalue weighted by Crippen LogP contribution is -2.31. The SMILES string of the molecule is CC1=C2c3cccc4cccc(c34)C2(O)C(c2ccccc2)C1=O. The minimum atomic E-state index is -1.27. The van der Waals surface area contributed by atoms with Crippen LogP contribution in [0.4, 0.5) is 0 Å². The number of benzene rings is 3. The number of allylic oxidation sites excluding steroid dienone is 1. The van der Waals surface area contributed by atoms with Crippen LogP contribution in [0.3, 0.4) is 0 Å². The van der Waals surface area contributed by atoms with Gasteiger partial charge in [-0.1, -0.05) is 66.7 Å². The highest BCUT2D eigenvalue weighted by atomic mass is 16.3. The lowest BCUT2D eigenvalue weighted by Gasteiger charge is -2.29. The summed E-state index contributed by atoms with van der Waals surface area (Å²) in [6.07, 6.45) is 0. The molecular formula is C22H16O2. The van der Waals surface area contributed by atoms with Gasteiger partial charge in [0.25, 0.3) is 0 Å². The highest BCUT2D eigenvalue weighted by Gasteiger charge is 2.57. The van der Waals surface area contributed by atoms with Crippen molar-refractivity contribution in [1.82, 2.24) is 0 Å². The molecule has 116 valence electrons. The summed E-state index contributed by atoms with van der Waals surface area (Å²) in [7, 11) is 0. The van der Waals surface area contributed by atoms with Crippen LogP contribution >= 0.6 is 0 Å². The molecule has 2 nitrogen and oxygen atoms in total. The zero-order valence-corrected chi connectivity index (χ0v) is 13.3. The first-order valence-electron chi connectivity index (χ1n) is 8.19. The second-order valence-corrected chi connectivity index (χ2v) is 6.68. The number of hydrogen-bond acceptors (Lipinski definition) is 2. The maximum Gasteiger partial charge on any atom is 0.170 e. The highest BCUT2D eigenvalue weighted by Crippen LogP contribution is 2.60. The van der Waals surface area contributed by atoms with Crippen LogP contribution in [0.15, 0.2) is 72.3 Å². The van der Waals surface area contributed by atoms with Gasteiger partial charge in [0.1, 0.15) is 5.60 Å². The van der Waals surface area contributed by atoms with Gasteiger partial charge in [-0.15, -0.1) is 0 Å². The molecule has 1 N–H and O–H groups in total. The zero-order valence-electron chi connectivity index (χ0n) is 13.3. The van der Waals surface area contributed by atoms with Crippen LogP contribution in [0, 0.1) is 0 Å². The second kappa shape index (κ2) is 4.43.